The molecule has 1 aromatic carbocycles. The highest BCUT2D eigenvalue weighted by atomic mass is 32.2. The molecule has 2 aliphatic rings. The Kier molecular flexibility index (Phi) is 6.03. The lowest BCUT2D eigenvalue weighted by molar-refractivity contribution is -0.134. The van der Waals surface area contributed by atoms with Crippen molar-refractivity contribution in [2.45, 2.75) is 69.7 Å². The third-order valence-electron chi connectivity index (χ3n) is 5.51. The van der Waals surface area contributed by atoms with Crippen LogP contribution in [0, 0.1) is 5.92 Å². The molecule has 1 heterocycles. The Balaban J connectivity index is 1.80. The van der Waals surface area contributed by atoms with Gasteiger partial charge in [0.15, 0.2) is 0 Å². The van der Waals surface area contributed by atoms with Crippen molar-refractivity contribution in [1.82, 2.24) is 9.62 Å². The van der Waals surface area contributed by atoms with Gasteiger partial charge < -0.3 is 4.90 Å². The maximum Gasteiger partial charge on any atom is 0.241 e. The lowest BCUT2D eigenvalue weighted by Crippen LogP contribution is -2.52. The van der Waals surface area contributed by atoms with Crippen molar-refractivity contribution in [3.05, 3.63) is 29.3 Å². The summed E-state index contributed by atoms with van der Waals surface area (Å²) in [5, 5.41) is 0. The molecule has 26 heavy (non-hydrogen) atoms. The van der Waals surface area contributed by atoms with Crippen LogP contribution in [-0.2, 0) is 27.7 Å². The Morgan fingerprint density at radius 1 is 1.00 bits per heavy atom. The van der Waals surface area contributed by atoms with Crippen LogP contribution >= 0.6 is 0 Å². The van der Waals surface area contributed by atoms with E-state index in [0.717, 1.165) is 63.6 Å². The van der Waals surface area contributed by atoms with Crippen LogP contribution in [-0.4, -0.2) is 38.4 Å². The van der Waals surface area contributed by atoms with Gasteiger partial charge >= 0.3 is 0 Å². The van der Waals surface area contributed by atoms with Crippen molar-refractivity contribution in [2.24, 2.45) is 5.92 Å². The molecule has 3 rings (SSSR count). The molecule has 5 nitrogen and oxygen atoms in total. The lowest BCUT2D eigenvalue weighted by atomic mass is 9.92. The van der Waals surface area contributed by atoms with Gasteiger partial charge in [0, 0.05) is 13.1 Å². The van der Waals surface area contributed by atoms with E-state index in [1.165, 1.54) is 5.56 Å². The Morgan fingerprint density at radius 3 is 2.31 bits per heavy atom. The van der Waals surface area contributed by atoms with E-state index in [-0.39, 0.29) is 16.7 Å². The van der Waals surface area contributed by atoms with Crippen LogP contribution in [0.4, 0.5) is 0 Å². The number of hydrogen-bond donors (Lipinski definition) is 1. The van der Waals surface area contributed by atoms with E-state index in [9.17, 15) is 13.2 Å². The van der Waals surface area contributed by atoms with Gasteiger partial charge in [0.1, 0.15) is 6.04 Å². The number of amides is 1. The minimum atomic E-state index is -3.72. The maximum absolute atomic E-state index is 12.9. The number of fused-ring (bicyclic) bond motifs is 1. The van der Waals surface area contributed by atoms with Crippen LogP contribution in [0.2, 0.25) is 0 Å². The first-order valence-electron chi connectivity index (χ1n) is 9.81. The largest absolute Gasteiger partial charge is 0.341 e. The number of carbonyl (C=O) groups excluding carboxylic acids is 1. The summed E-state index contributed by atoms with van der Waals surface area (Å²) in [7, 11) is -3.72. The SMILES string of the molecule is CC(C)[C@H](NS(=O)(=O)c1ccc2c(c1)CCCC2)C(=O)N1CCCCC1. The van der Waals surface area contributed by atoms with Crippen LogP contribution in [0.1, 0.15) is 57.1 Å². The average molecular weight is 379 g/mol. The monoisotopic (exact) mass is 378 g/mol. The Labute approximate surface area is 157 Å². The highest BCUT2D eigenvalue weighted by molar-refractivity contribution is 7.89. The molecule has 0 aromatic heterocycles. The predicted octanol–water partition coefficient (Wildman–Crippen LogP) is 2.88. The molecule has 0 spiro atoms. The van der Waals surface area contributed by atoms with E-state index in [4.69, 9.17) is 0 Å². The van der Waals surface area contributed by atoms with Gasteiger partial charge in [-0.25, -0.2) is 8.42 Å². The molecule has 0 radical (unpaired) electrons. The number of nitrogens with one attached hydrogen (secondary N) is 1. The molecule has 144 valence electrons. The summed E-state index contributed by atoms with van der Waals surface area (Å²) in [6.45, 7) is 5.23. The van der Waals surface area contributed by atoms with Gasteiger partial charge in [-0.2, -0.15) is 4.72 Å². The highest BCUT2D eigenvalue weighted by Gasteiger charge is 2.32. The van der Waals surface area contributed by atoms with Crippen LogP contribution in [0.15, 0.2) is 23.1 Å². The topological polar surface area (TPSA) is 66.5 Å². The van der Waals surface area contributed by atoms with Gasteiger partial charge in [0.05, 0.1) is 4.90 Å². The smallest absolute Gasteiger partial charge is 0.241 e. The third-order valence-corrected chi connectivity index (χ3v) is 6.95. The molecule has 0 bridgehead atoms. The molecule has 0 unspecified atom stereocenters. The van der Waals surface area contributed by atoms with Gasteiger partial charge in [0.2, 0.25) is 15.9 Å². The molecule has 1 N–H and O–H groups in total. The standard InChI is InChI=1S/C20H30N2O3S/c1-15(2)19(20(23)22-12-6-3-7-13-22)21-26(24,25)18-11-10-16-8-4-5-9-17(16)14-18/h10-11,14-15,19,21H,3-9,12-13H2,1-2H3/t19-/m0/s1. The predicted molar refractivity (Wildman–Crippen MR) is 102 cm³/mol. The van der Waals surface area contributed by atoms with Crippen LogP contribution in [0.3, 0.4) is 0 Å². The van der Waals surface area contributed by atoms with Gasteiger partial charge in [-0.15, -0.1) is 0 Å². The molecule has 1 aromatic rings. The second-order valence-corrected chi connectivity index (χ2v) is 9.58. The van der Waals surface area contributed by atoms with Gasteiger partial charge in [-0.05, 0) is 74.1 Å². The number of nitrogens with zero attached hydrogens (tertiary/aromatic N) is 1. The summed E-state index contributed by atoms with van der Waals surface area (Å²) < 4.78 is 28.6. The summed E-state index contributed by atoms with van der Waals surface area (Å²) in [6.07, 6.45) is 7.34. The van der Waals surface area contributed by atoms with Gasteiger partial charge in [-0.1, -0.05) is 19.9 Å². The zero-order valence-corrected chi connectivity index (χ0v) is 16.6. The lowest BCUT2D eigenvalue weighted by Gasteiger charge is -2.32. The summed E-state index contributed by atoms with van der Waals surface area (Å²) in [4.78, 5) is 15.0. The number of hydrogen-bond acceptors (Lipinski definition) is 3. The molecule has 1 aliphatic heterocycles. The number of aryl methyl sites for hydroxylation is 2. The van der Waals surface area contributed by atoms with Crippen LogP contribution in [0.25, 0.3) is 0 Å². The number of piperidine rings is 1. The fourth-order valence-corrected chi connectivity index (χ4v) is 5.28. The van der Waals surface area contributed by atoms with E-state index in [1.54, 1.807) is 12.1 Å². The summed E-state index contributed by atoms with van der Waals surface area (Å²) in [5.41, 5.74) is 2.38. The molecular formula is C20H30N2O3S. The molecule has 0 saturated carbocycles. The van der Waals surface area contributed by atoms with E-state index >= 15 is 0 Å². The fraction of sp³-hybridized carbons (Fsp3) is 0.650. The number of sulfonamides is 1. The first-order chi connectivity index (χ1) is 12.4. The number of likely N-dealkylation sites (tertiary alicyclic amines) is 1. The number of benzene rings is 1. The first kappa shape index (κ1) is 19.4. The molecule has 1 aliphatic carbocycles. The second-order valence-electron chi connectivity index (χ2n) is 7.87. The summed E-state index contributed by atoms with van der Waals surface area (Å²) >= 11 is 0. The first-order valence-corrected chi connectivity index (χ1v) is 11.3. The second kappa shape index (κ2) is 8.09. The summed E-state index contributed by atoms with van der Waals surface area (Å²) in [5.74, 6) is -0.196. The van der Waals surface area contributed by atoms with E-state index in [2.05, 4.69) is 4.72 Å². The van der Waals surface area contributed by atoms with Gasteiger partial charge in [0.25, 0.3) is 0 Å². The Morgan fingerprint density at radius 2 is 1.65 bits per heavy atom. The molecular weight excluding hydrogens is 348 g/mol. The Hall–Kier alpha value is -1.40. The van der Waals surface area contributed by atoms with Gasteiger partial charge in [-0.3, -0.25) is 4.79 Å². The van der Waals surface area contributed by atoms with Crippen molar-refractivity contribution in [1.29, 1.82) is 0 Å². The van der Waals surface area contributed by atoms with Crippen molar-refractivity contribution in [2.75, 3.05) is 13.1 Å². The third kappa shape index (κ3) is 4.29. The molecule has 1 amide bonds. The fourth-order valence-electron chi connectivity index (χ4n) is 3.89. The van der Waals surface area contributed by atoms with Crippen LogP contribution in [0.5, 0.6) is 0 Å². The van der Waals surface area contributed by atoms with E-state index in [0.29, 0.717) is 0 Å². The average Bonchev–Trinajstić information content (AvgIpc) is 2.65. The minimum absolute atomic E-state index is 0.0961. The van der Waals surface area contributed by atoms with Crippen LogP contribution < -0.4 is 4.72 Å². The zero-order chi connectivity index (χ0) is 18.7. The molecule has 6 heteroatoms. The van der Waals surface area contributed by atoms with Crippen molar-refractivity contribution < 1.29 is 13.2 Å². The van der Waals surface area contributed by atoms with E-state index in [1.807, 2.05) is 24.8 Å². The Bertz CT molecular complexity index is 752. The highest BCUT2D eigenvalue weighted by Crippen LogP contribution is 2.24. The summed E-state index contributed by atoms with van der Waals surface area (Å²) in [6, 6.07) is 4.68. The molecule has 1 saturated heterocycles. The maximum atomic E-state index is 12.9. The minimum Gasteiger partial charge on any atom is -0.341 e. The quantitative estimate of drug-likeness (QED) is 0.857. The normalized spacial score (nSPS) is 19.3. The molecule has 1 atom stereocenters. The van der Waals surface area contributed by atoms with E-state index < -0.39 is 16.1 Å². The van der Waals surface area contributed by atoms with Crippen molar-refractivity contribution >= 4 is 15.9 Å². The number of carbonyl (C=O) groups is 1. The zero-order valence-electron chi connectivity index (χ0n) is 15.8. The van der Waals surface area contributed by atoms with Crippen molar-refractivity contribution in [3.63, 3.8) is 0 Å². The molecule has 1 fully saturated rings. The van der Waals surface area contributed by atoms with Crippen molar-refractivity contribution in [3.8, 4) is 0 Å². The number of rotatable bonds is 5.